The molecule has 90 valence electrons. The first-order valence-corrected chi connectivity index (χ1v) is 5.77. The van der Waals surface area contributed by atoms with E-state index in [-0.39, 0.29) is 6.09 Å². The molecule has 0 saturated carbocycles. The Morgan fingerprint density at radius 2 is 1.94 bits per heavy atom. The fraction of sp³-hybridized carbons (Fsp3) is 0.357. The van der Waals surface area contributed by atoms with E-state index in [1.807, 2.05) is 45.0 Å². The highest BCUT2D eigenvalue weighted by atomic mass is 16.6. The minimum absolute atomic E-state index is 0.344. The summed E-state index contributed by atoms with van der Waals surface area (Å²) < 4.78 is 5.39. The SMILES string of the molecule is C=C1N(c2ccc(C)cc2)C(=O)O[C@]1(C)CC. The number of ether oxygens (including phenoxy) is 1. The molecular formula is C14H17NO2. The number of carbonyl (C=O) groups excluding carboxylic acids is 1. The molecule has 0 aromatic heterocycles. The molecule has 1 aromatic rings. The molecule has 1 amide bonds. The van der Waals surface area contributed by atoms with Crippen LogP contribution in [-0.2, 0) is 4.74 Å². The second-order valence-electron chi connectivity index (χ2n) is 4.57. The molecule has 1 fully saturated rings. The van der Waals surface area contributed by atoms with E-state index in [0.717, 1.165) is 17.7 Å². The average molecular weight is 231 g/mol. The van der Waals surface area contributed by atoms with Gasteiger partial charge >= 0.3 is 6.09 Å². The van der Waals surface area contributed by atoms with Crippen molar-refractivity contribution in [2.24, 2.45) is 0 Å². The number of aryl methyl sites for hydroxylation is 1. The van der Waals surface area contributed by atoms with Gasteiger partial charge in [0.1, 0.15) is 0 Å². The first-order chi connectivity index (χ1) is 7.98. The summed E-state index contributed by atoms with van der Waals surface area (Å²) in [5, 5.41) is 0. The molecule has 1 aliphatic heterocycles. The van der Waals surface area contributed by atoms with Crippen molar-refractivity contribution >= 4 is 11.8 Å². The second-order valence-corrected chi connectivity index (χ2v) is 4.57. The summed E-state index contributed by atoms with van der Waals surface area (Å²) in [6, 6.07) is 7.75. The van der Waals surface area contributed by atoms with Crippen molar-refractivity contribution in [3.05, 3.63) is 42.1 Å². The summed E-state index contributed by atoms with van der Waals surface area (Å²) in [6.45, 7) is 9.87. The van der Waals surface area contributed by atoms with E-state index in [0.29, 0.717) is 5.70 Å². The lowest BCUT2D eigenvalue weighted by Gasteiger charge is -2.22. The van der Waals surface area contributed by atoms with Crippen LogP contribution in [0.2, 0.25) is 0 Å². The number of cyclic esters (lactones) is 1. The third-order valence-corrected chi connectivity index (χ3v) is 3.34. The van der Waals surface area contributed by atoms with Crippen LogP contribution in [0.4, 0.5) is 10.5 Å². The Morgan fingerprint density at radius 1 is 1.35 bits per heavy atom. The molecule has 1 aromatic carbocycles. The smallest absolute Gasteiger partial charge is 0.419 e. The maximum Gasteiger partial charge on any atom is 0.419 e. The molecule has 2 rings (SSSR count). The van der Waals surface area contributed by atoms with E-state index in [4.69, 9.17) is 4.74 Å². The molecule has 1 saturated heterocycles. The fourth-order valence-electron chi connectivity index (χ4n) is 1.88. The molecule has 0 spiro atoms. The van der Waals surface area contributed by atoms with E-state index in [9.17, 15) is 4.79 Å². The molecule has 3 nitrogen and oxygen atoms in total. The van der Waals surface area contributed by atoms with E-state index < -0.39 is 5.60 Å². The van der Waals surface area contributed by atoms with Crippen molar-refractivity contribution in [1.82, 2.24) is 0 Å². The van der Waals surface area contributed by atoms with Gasteiger partial charge in [0.05, 0.1) is 11.4 Å². The summed E-state index contributed by atoms with van der Waals surface area (Å²) >= 11 is 0. The van der Waals surface area contributed by atoms with Gasteiger partial charge in [-0.15, -0.1) is 0 Å². The molecule has 17 heavy (non-hydrogen) atoms. The largest absolute Gasteiger partial charge is 0.436 e. The Labute approximate surface area is 102 Å². The van der Waals surface area contributed by atoms with Gasteiger partial charge in [0.15, 0.2) is 5.60 Å². The van der Waals surface area contributed by atoms with Gasteiger partial charge in [-0.05, 0) is 32.4 Å². The molecule has 0 N–H and O–H groups in total. The van der Waals surface area contributed by atoms with Crippen LogP contribution >= 0.6 is 0 Å². The van der Waals surface area contributed by atoms with Crippen LogP contribution in [0.3, 0.4) is 0 Å². The standard InChI is InChI=1S/C14H17NO2/c1-5-14(4)11(3)15(13(16)17-14)12-8-6-10(2)7-9-12/h6-9H,3,5H2,1-2,4H3/t14-/m1/s1. The summed E-state index contributed by atoms with van der Waals surface area (Å²) in [5.41, 5.74) is 2.09. The minimum Gasteiger partial charge on any atom is -0.436 e. The number of nitrogens with zero attached hydrogens (tertiary/aromatic N) is 1. The first kappa shape index (κ1) is 11.7. The van der Waals surface area contributed by atoms with Crippen LogP contribution in [-0.4, -0.2) is 11.7 Å². The van der Waals surface area contributed by atoms with Gasteiger partial charge in [-0.2, -0.15) is 0 Å². The average Bonchev–Trinajstić information content (AvgIpc) is 2.53. The maximum atomic E-state index is 11.9. The highest BCUT2D eigenvalue weighted by Crippen LogP contribution is 2.37. The minimum atomic E-state index is -0.581. The number of hydrogen-bond acceptors (Lipinski definition) is 2. The van der Waals surface area contributed by atoms with Crippen molar-refractivity contribution in [2.45, 2.75) is 32.8 Å². The fourth-order valence-corrected chi connectivity index (χ4v) is 1.88. The topological polar surface area (TPSA) is 29.5 Å². The predicted molar refractivity (Wildman–Crippen MR) is 68.0 cm³/mol. The Hall–Kier alpha value is -1.77. The number of hydrogen-bond donors (Lipinski definition) is 0. The lowest BCUT2D eigenvalue weighted by Crippen LogP contribution is -2.27. The van der Waals surface area contributed by atoms with E-state index in [1.165, 1.54) is 0 Å². The predicted octanol–water partition coefficient (Wildman–Crippen LogP) is 3.63. The van der Waals surface area contributed by atoms with Gasteiger partial charge in [0.25, 0.3) is 0 Å². The number of benzene rings is 1. The van der Waals surface area contributed by atoms with Crippen molar-refractivity contribution in [3.8, 4) is 0 Å². The van der Waals surface area contributed by atoms with Crippen molar-refractivity contribution < 1.29 is 9.53 Å². The van der Waals surface area contributed by atoms with Gasteiger partial charge in [0.2, 0.25) is 0 Å². The van der Waals surface area contributed by atoms with E-state index in [2.05, 4.69) is 6.58 Å². The van der Waals surface area contributed by atoms with Gasteiger partial charge in [-0.1, -0.05) is 31.2 Å². The zero-order chi connectivity index (χ0) is 12.6. The first-order valence-electron chi connectivity index (χ1n) is 5.77. The molecule has 0 bridgehead atoms. The van der Waals surface area contributed by atoms with E-state index in [1.54, 1.807) is 4.90 Å². The number of amides is 1. The van der Waals surface area contributed by atoms with Gasteiger partial charge in [-0.3, -0.25) is 0 Å². The Kier molecular flexibility index (Phi) is 2.69. The highest BCUT2D eigenvalue weighted by Gasteiger charge is 2.44. The summed E-state index contributed by atoms with van der Waals surface area (Å²) in [7, 11) is 0. The van der Waals surface area contributed by atoms with Crippen LogP contribution in [0.5, 0.6) is 0 Å². The molecule has 1 heterocycles. The lowest BCUT2D eigenvalue weighted by atomic mass is 10.00. The summed E-state index contributed by atoms with van der Waals surface area (Å²) in [6.07, 6.45) is 0.378. The third kappa shape index (κ3) is 1.82. The third-order valence-electron chi connectivity index (χ3n) is 3.34. The van der Waals surface area contributed by atoms with Crippen LogP contribution in [0.1, 0.15) is 25.8 Å². The zero-order valence-electron chi connectivity index (χ0n) is 10.5. The zero-order valence-corrected chi connectivity index (χ0v) is 10.5. The molecule has 3 heteroatoms. The van der Waals surface area contributed by atoms with Crippen LogP contribution < -0.4 is 4.90 Å². The maximum absolute atomic E-state index is 11.9. The molecule has 1 aliphatic rings. The molecular weight excluding hydrogens is 214 g/mol. The number of carbonyl (C=O) groups is 1. The normalized spacial score (nSPS) is 24.1. The highest BCUT2D eigenvalue weighted by molar-refractivity contribution is 5.94. The van der Waals surface area contributed by atoms with Gasteiger partial charge in [0, 0.05) is 0 Å². The van der Waals surface area contributed by atoms with Crippen molar-refractivity contribution in [2.75, 3.05) is 4.90 Å². The molecule has 0 aliphatic carbocycles. The Balaban J connectivity index is 2.37. The monoisotopic (exact) mass is 231 g/mol. The van der Waals surface area contributed by atoms with E-state index >= 15 is 0 Å². The second kappa shape index (κ2) is 3.91. The van der Waals surface area contributed by atoms with Gasteiger partial charge in [-0.25, -0.2) is 9.69 Å². The van der Waals surface area contributed by atoms with Crippen molar-refractivity contribution in [1.29, 1.82) is 0 Å². The Morgan fingerprint density at radius 3 is 2.41 bits per heavy atom. The lowest BCUT2D eigenvalue weighted by molar-refractivity contribution is 0.0823. The van der Waals surface area contributed by atoms with Crippen LogP contribution in [0.25, 0.3) is 0 Å². The summed E-state index contributed by atoms with van der Waals surface area (Å²) in [4.78, 5) is 13.4. The molecule has 0 radical (unpaired) electrons. The van der Waals surface area contributed by atoms with Crippen molar-refractivity contribution in [3.63, 3.8) is 0 Å². The molecule has 0 unspecified atom stereocenters. The van der Waals surface area contributed by atoms with Crippen LogP contribution in [0, 0.1) is 6.92 Å². The number of anilines is 1. The molecule has 1 atom stereocenters. The summed E-state index contributed by atoms with van der Waals surface area (Å²) in [5.74, 6) is 0. The van der Waals surface area contributed by atoms with Crippen LogP contribution in [0.15, 0.2) is 36.5 Å². The Bertz CT molecular complexity index is 464. The number of rotatable bonds is 2. The quantitative estimate of drug-likeness (QED) is 0.777. The van der Waals surface area contributed by atoms with Gasteiger partial charge < -0.3 is 4.74 Å².